The first-order valence-electron chi connectivity index (χ1n) is 5.72. The standard InChI is InChI=1S/C13H24S/c1-6-8-11(5)13(10(3)4)9-12(14)7-2/h10,13H,5-9H2,1-4H3. The summed E-state index contributed by atoms with van der Waals surface area (Å²) in [5.74, 6) is 1.26. The lowest BCUT2D eigenvalue weighted by Gasteiger charge is -2.23. The van der Waals surface area contributed by atoms with Gasteiger partial charge in [-0.15, -0.1) is 0 Å². The van der Waals surface area contributed by atoms with Crippen molar-refractivity contribution < 1.29 is 0 Å². The molecule has 0 rings (SSSR count). The largest absolute Gasteiger partial charge is 0.0996 e. The summed E-state index contributed by atoms with van der Waals surface area (Å²) in [5.41, 5.74) is 1.39. The first-order valence-corrected chi connectivity index (χ1v) is 6.13. The van der Waals surface area contributed by atoms with Crippen LogP contribution in [-0.4, -0.2) is 4.86 Å². The monoisotopic (exact) mass is 212 g/mol. The highest BCUT2D eigenvalue weighted by Gasteiger charge is 2.17. The van der Waals surface area contributed by atoms with Gasteiger partial charge in [0.15, 0.2) is 0 Å². The molecule has 0 saturated heterocycles. The first kappa shape index (κ1) is 13.8. The highest BCUT2D eigenvalue weighted by molar-refractivity contribution is 7.80. The summed E-state index contributed by atoms with van der Waals surface area (Å²) >= 11 is 5.31. The normalized spacial score (nSPS) is 12.9. The summed E-state index contributed by atoms with van der Waals surface area (Å²) in [4.78, 5) is 1.20. The number of hydrogen-bond donors (Lipinski definition) is 0. The maximum atomic E-state index is 5.31. The first-order chi connectivity index (χ1) is 6.52. The topological polar surface area (TPSA) is 0 Å². The molecule has 82 valence electrons. The van der Waals surface area contributed by atoms with E-state index in [1.165, 1.54) is 16.9 Å². The van der Waals surface area contributed by atoms with Gasteiger partial charge < -0.3 is 0 Å². The van der Waals surface area contributed by atoms with E-state index in [0.717, 1.165) is 19.3 Å². The van der Waals surface area contributed by atoms with Crippen LogP contribution in [0.15, 0.2) is 12.2 Å². The van der Waals surface area contributed by atoms with Crippen LogP contribution in [0.4, 0.5) is 0 Å². The van der Waals surface area contributed by atoms with Gasteiger partial charge in [-0.3, -0.25) is 0 Å². The van der Waals surface area contributed by atoms with Crippen LogP contribution in [0.5, 0.6) is 0 Å². The van der Waals surface area contributed by atoms with E-state index in [4.69, 9.17) is 12.2 Å². The molecule has 0 aliphatic carbocycles. The predicted octanol–water partition coefficient (Wildman–Crippen LogP) is 4.78. The third kappa shape index (κ3) is 4.90. The molecule has 0 aliphatic heterocycles. The van der Waals surface area contributed by atoms with Crippen molar-refractivity contribution in [2.75, 3.05) is 0 Å². The Morgan fingerprint density at radius 2 is 1.86 bits per heavy atom. The van der Waals surface area contributed by atoms with Crippen molar-refractivity contribution >= 4 is 17.1 Å². The molecule has 0 aromatic heterocycles. The van der Waals surface area contributed by atoms with Crippen LogP contribution in [0.25, 0.3) is 0 Å². The Morgan fingerprint density at radius 1 is 1.29 bits per heavy atom. The summed E-state index contributed by atoms with van der Waals surface area (Å²) in [7, 11) is 0. The fourth-order valence-electron chi connectivity index (χ4n) is 1.75. The predicted molar refractivity (Wildman–Crippen MR) is 69.9 cm³/mol. The van der Waals surface area contributed by atoms with Gasteiger partial charge in [0.2, 0.25) is 0 Å². The van der Waals surface area contributed by atoms with E-state index in [0.29, 0.717) is 11.8 Å². The summed E-state index contributed by atoms with van der Waals surface area (Å²) in [6.07, 6.45) is 4.43. The zero-order chi connectivity index (χ0) is 11.1. The van der Waals surface area contributed by atoms with E-state index in [-0.39, 0.29) is 0 Å². The molecule has 0 aromatic carbocycles. The smallest absolute Gasteiger partial charge is 0.00682 e. The van der Waals surface area contributed by atoms with E-state index in [1.807, 2.05) is 0 Å². The Balaban J connectivity index is 4.29. The molecule has 0 radical (unpaired) electrons. The van der Waals surface area contributed by atoms with Gasteiger partial charge in [0, 0.05) is 0 Å². The van der Waals surface area contributed by atoms with Crippen molar-refractivity contribution in [3.05, 3.63) is 12.2 Å². The van der Waals surface area contributed by atoms with Gasteiger partial charge in [0.25, 0.3) is 0 Å². The van der Waals surface area contributed by atoms with Crippen LogP contribution < -0.4 is 0 Å². The maximum absolute atomic E-state index is 5.31. The lowest BCUT2D eigenvalue weighted by atomic mass is 9.83. The minimum Gasteiger partial charge on any atom is -0.0996 e. The second-order valence-electron chi connectivity index (χ2n) is 4.36. The van der Waals surface area contributed by atoms with Crippen molar-refractivity contribution in [1.29, 1.82) is 0 Å². The van der Waals surface area contributed by atoms with Crippen LogP contribution in [0.2, 0.25) is 0 Å². The van der Waals surface area contributed by atoms with Gasteiger partial charge in [-0.2, -0.15) is 0 Å². The van der Waals surface area contributed by atoms with Crippen LogP contribution in [0.1, 0.15) is 53.4 Å². The quantitative estimate of drug-likeness (QED) is 0.432. The van der Waals surface area contributed by atoms with Crippen LogP contribution in [-0.2, 0) is 0 Å². The zero-order valence-corrected chi connectivity index (χ0v) is 10.9. The second kappa shape index (κ2) is 7.17. The van der Waals surface area contributed by atoms with Gasteiger partial charge in [0.1, 0.15) is 0 Å². The van der Waals surface area contributed by atoms with E-state index >= 15 is 0 Å². The summed E-state index contributed by atoms with van der Waals surface area (Å²) in [5, 5.41) is 0. The Morgan fingerprint density at radius 3 is 2.21 bits per heavy atom. The van der Waals surface area contributed by atoms with E-state index in [9.17, 15) is 0 Å². The van der Waals surface area contributed by atoms with Crippen LogP contribution in [0.3, 0.4) is 0 Å². The average Bonchev–Trinajstić information content (AvgIpc) is 2.13. The molecule has 14 heavy (non-hydrogen) atoms. The Hall–Kier alpha value is -0.170. The van der Waals surface area contributed by atoms with Gasteiger partial charge in [-0.1, -0.05) is 58.5 Å². The third-order valence-electron chi connectivity index (χ3n) is 2.74. The van der Waals surface area contributed by atoms with Crippen molar-refractivity contribution in [3.63, 3.8) is 0 Å². The molecule has 0 aliphatic rings. The van der Waals surface area contributed by atoms with Gasteiger partial charge >= 0.3 is 0 Å². The fourth-order valence-corrected chi connectivity index (χ4v) is 1.93. The zero-order valence-electron chi connectivity index (χ0n) is 10.1. The summed E-state index contributed by atoms with van der Waals surface area (Å²) in [6, 6.07) is 0. The van der Waals surface area contributed by atoms with Crippen molar-refractivity contribution in [1.82, 2.24) is 0 Å². The van der Waals surface area contributed by atoms with Gasteiger partial charge in [-0.05, 0) is 36.0 Å². The third-order valence-corrected chi connectivity index (χ3v) is 3.20. The molecule has 1 unspecified atom stereocenters. The molecular weight excluding hydrogens is 188 g/mol. The van der Waals surface area contributed by atoms with E-state index in [1.54, 1.807) is 0 Å². The average molecular weight is 212 g/mol. The maximum Gasteiger partial charge on any atom is -0.00682 e. The molecule has 0 spiro atoms. The highest BCUT2D eigenvalue weighted by Crippen LogP contribution is 2.27. The molecule has 0 fully saturated rings. The lowest BCUT2D eigenvalue weighted by molar-refractivity contribution is 0.444. The fraction of sp³-hybridized carbons (Fsp3) is 0.769. The molecule has 0 N–H and O–H groups in total. The molecule has 0 nitrogen and oxygen atoms in total. The molecule has 0 aromatic rings. The Bertz CT molecular complexity index is 191. The number of hydrogen-bond acceptors (Lipinski definition) is 1. The molecule has 0 amide bonds. The van der Waals surface area contributed by atoms with E-state index in [2.05, 4.69) is 34.3 Å². The summed E-state index contributed by atoms with van der Waals surface area (Å²) in [6.45, 7) is 13.1. The van der Waals surface area contributed by atoms with E-state index < -0.39 is 0 Å². The number of thiocarbonyl (C=S) groups is 1. The molecule has 1 heteroatoms. The van der Waals surface area contributed by atoms with Gasteiger partial charge in [-0.25, -0.2) is 0 Å². The Kier molecular flexibility index (Phi) is 7.08. The second-order valence-corrected chi connectivity index (χ2v) is 4.93. The minimum atomic E-state index is 0.599. The number of rotatable bonds is 7. The molecule has 0 heterocycles. The van der Waals surface area contributed by atoms with Crippen molar-refractivity contribution in [2.24, 2.45) is 11.8 Å². The Labute approximate surface area is 94.8 Å². The van der Waals surface area contributed by atoms with Crippen molar-refractivity contribution in [2.45, 2.75) is 53.4 Å². The molecule has 0 saturated carbocycles. The van der Waals surface area contributed by atoms with Crippen LogP contribution in [0, 0.1) is 11.8 Å². The molecular formula is C13H24S. The number of allylic oxidation sites excluding steroid dienone is 1. The van der Waals surface area contributed by atoms with Crippen LogP contribution >= 0.6 is 12.2 Å². The van der Waals surface area contributed by atoms with Gasteiger partial charge in [0.05, 0.1) is 0 Å². The van der Waals surface area contributed by atoms with Crippen molar-refractivity contribution in [3.8, 4) is 0 Å². The SMILES string of the molecule is C=C(CCC)C(CC(=S)CC)C(C)C. The summed E-state index contributed by atoms with van der Waals surface area (Å²) < 4.78 is 0. The molecule has 0 bridgehead atoms. The minimum absolute atomic E-state index is 0.599. The highest BCUT2D eigenvalue weighted by atomic mass is 32.1. The molecule has 1 atom stereocenters. The lowest BCUT2D eigenvalue weighted by Crippen LogP contribution is -2.15.